The molecule has 0 aromatic carbocycles. The van der Waals surface area contributed by atoms with Gasteiger partial charge < -0.3 is 35.3 Å². The molecule has 0 bridgehead atoms. The van der Waals surface area contributed by atoms with Gasteiger partial charge in [-0.25, -0.2) is 9.98 Å². The van der Waals surface area contributed by atoms with E-state index in [1.165, 1.54) is 6.92 Å². The Kier molecular flexibility index (Phi) is 3.13. The maximum atomic E-state index is 10.8. The zero-order chi connectivity index (χ0) is 18.8. The Bertz CT molecular complexity index is 887. The van der Waals surface area contributed by atoms with Crippen LogP contribution < -0.4 is 10.6 Å². The van der Waals surface area contributed by atoms with E-state index in [4.69, 9.17) is 6.11 Å². The van der Waals surface area contributed by atoms with E-state index < -0.39 is 30.6 Å². The summed E-state index contributed by atoms with van der Waals surface area (Å²) in [6.07, 6.45) is -1.71. The van der Waals surface area contributed by atoms with Gasteiger partial charge in [0.2, 0.25) is 0 Å². The summed E-state index contributed by atoms with van der Waals surface area (Å²) in [6.45, 7) is 8.67. The van der Waals surface area contributed by atoms with Crippen molar-refractivity contribution in [3.05, 3.63) is 36.3 Å². The van der Waals surface area contributed by atoms with Crippen LogP contribution >= 0.6 is 0 Å². The highest BCUT2D eigenvalue weighted by Crippen LogP contribution is 2.44. The molecular formula is C16H19N5O4. The number of hydrogen-bond donors (Lipinski definition) is 5. The summed E-state index contributed by atoms with van der Waals surface area (Å²) in [6, 6.07) is 0. The molecule has 0 aliphatic carbocycles. The number of aliphatic imine (C=N–C) groups is 2. The van der Waals surface area contributed by atoms with E-state index in [2.05, 4.69) is 33.8 Å². The van der Waals surface area contributed by atoms with Crippen molar-refractivity contribution < 1.29 is 21.4 Å². The minimum atomic E-state index is -1.67. The number of nitrogens with zero attached hydrogens (tertiary/aromatic N) is 3. The molecule has 25 heavy (non-hydrogen) atoms. The van der Waals surface area contributed by atoms with Crippen molar-refractivity contribution in [2.75, 3.05) is 17.2 Å². The fraction of sp³-hybridized carbons (Fsp3) is 0.375. The smallest absolute Gasteiger partial charge is 0.167 e. The third kappa shape index (κ3) is 2.17. The molecule has 0 radical (unpaired) electrons. The Morgan fingerprint density at radius 2 is 2.28 bits per heavy atom. The Morgan fingerprint density at radius 1 is 1.52 bits per heavy atom. The second-order valence-electron chi connectivity index (χ2n) is 6.39. The molecule has 4 rings (SSSR count). The Morgan fingerprint density at radius 3 is 2.96 bits per heavy atom. The highest BCUT2D eigenvalue weighted by atomic mass is 16.6. The van der Waals surface area contributed by atoms with E-state index in [0.29, 0.717) is 28.5 Å². The maximum absolute atomic E-state index is 10.8. The number of aliphatic hydroxyl groups is 3. The number of amidine groups is 2. The molecule has 0 unspecified atom stereocenters. The number of rotatable bonds is 2. The van der Waals surface area contributed by atoms with E-state index >= 15 is 0 Å². The third-order valence-corrected chi connectivity index (χ3v) is 4.65. The number of anilines is 2. The topological polar surface area (TPSA) is 124 Å². The fourth-order valence-electron chi connectivity index (χ4n) is 3.25. The third-order valence-electron chi connectivity index (χ3n) is 4.65. The predicted octanol–water partition coefficient (Wildman–Crippen LogP) is 0.143. The molecule has 3 aliphatic rings. The summed E-state index contributed by atoms with van der Waals surface area (Å²) in [5.41, 5.74) is 0.361. The molecule has 5 N–H and O–H groups in total. The van der Waals surface area contributed by atoms with E-state index in [-0.39, 0.29) is 12.2 Å². The Hall–Kier alpha value is -2.46. The number of nitrogens with one attached hydrogen (secondary N) is 2. The van der Waals surface area contributed by atoms with Gasteiger partial charge in [-0.05, 0) is 6.92 Å². The monoisotopic (exact) mass is 347 g/mol. The number of hydrogen-bond acceptors (Lipinski definition) is 8. The van der Waals surface area contributed by atoms with E-state index in [9.17, 15) is 15.3 Å². The van der Waals surface area contributed by atoms with Gasteiger partial charge in [0.15, 0.2) is 12.1 Å². The van der Waals surface area contributed by atoms with Gasteiger partial charge >= 0.3 is 0 Å². The fourth-order valence-corrected chi connectivity index (χ4v) is 3.25. The molecule has 0 spiro atoms. The SMILES string of the molecule is [3H]C1=NC2=NC(=C)C(=C)Nc3cn([C@@H]4O[C@H](CO)[C@@H](O)[C@]4(C)O)c(c32)N1. The first-order valence-electron chi connectivity index (χ1n) is 8.22. The standard InChI is InChI=1S/C16H19N5O4/c1-7-8(2)20-13-11-9(19-7)4-21(14(11)18-6-17-13)15-16(3,24)12(23)10(5-22)25-15/h4,6,10,12,15,19,22-24H,1-2,5H2,3H3,(H,17,18,20)/t10-,12-,15-,16+/m1/s1/i6T. The average Bonchev–Trinajstić information content (AvgIpc) is 2.98. The first-order chi connectivity index (χ1) is 12.2. The zero-order valence-electron chi connectivity index (χ0n) is 14.5. The number of aliphatic hydroxyl groups excluding tert-OH is 2. The van der Waals surface area contributed by atoms with Crippen LogP contribution in [-0.2, 0) is 4.74 Å². The van der Waals surface area contributed by atoms with Crippen LogP contribution in [0, 0.1) is 0 Å². The van der Waals surface area contributed by atoms with Crippen molar-refractivity contribution in [1.29, 1.82) is 0 Å². The Labute approximate surface area is 145 Å². The number of aromatic nitrogens is 1. The summed E-state index contributed by atoms with van der Waals surface area (Å²) in [7, 11) is 0. The van der Waals surface area contributed by atoms with Crippen LogP contribution in [0.3, 0.4) is 0 Å². The van der Waals surface area contributed by atoms with Crippen molar-refractivity contribution >= 4 is 23.7 Å². The van der Waals surface area contributed by atoms with Crippen molar-refractivity contribution in [3.8, 4) is 0 Å². The van der Waals surface area contributed by atoms with Gasteiger partial charge in [0.25, 0.3) is 0 Å². The molecule has 1 aromatic heterocycles. The van der Waals surface area contributed by atoms with Crippen LogP contribution in [0.5, 0.6) is 0 Å². The van der Waals surface area contributed by atoms with E-state index in [1.54, 1.807) is 10.8 Å². The number of ether oxygens (including phenoxy) is 1. The lowest BCUT2D eigenvalue weighted by Gasteiger charge is -2.29. The lowest BCUT2D eigenvalue weighted by Crippen LogP contribution is -2.44. The van der Waals surface area contributed by atoms with Crippen molar-refractivity contribution in [2.45, 2.75) is 31.0 Å². The predicted molar refractivity (Wildman–Crippen MR) is 92.6 cm³/mol. The summed E-state index contributed by atoms with van der Waals surface area (Å²) in [4.78, 5) is 8.40. The zero-order valence-corrected chi connectivity index (χ0v) is 13.5. The summed E-state index contributed by atoms with van der Waals surface area (Å²) >= 11 is 0. The highest BCUT2D eigenvalue weighted by Gasteiger charge is 2.53. The molecule has 132 valence electrons. The summed E-state index contributed by atoms with van der Waals surface area (Å²) in [5, 5.41) is 36.3. The molecule has 0 saturated carbocycles. The lowest BCUT2D eigenvalue weighted by atomic mass is 9.96. The van der Waals surface area contributed by atoms with Crippen LogP contribution in [0.25, 0.3) is 0 Å². The molecule has 0 amide bonds. The second-order valence-corrected chi connectivity index (χ2v) is 6.39. The van der Waals surface area contributed by atoms with Crippen LogP contribution in [0.1, 0.15) is 20.1 Å². The van der Waals surface area contributed by atoms with Gasteiger partial charge in [-0.15, -0.1) is 0 Å². The van der Waals surface area contributed by atoms with Gasteiger partial charge in [0, 0.05) is 6.20 Å². The average molecular weight is 347 g/mol. The van der Waals surface area contributed by atoms with Crippen molar-refractivity contribution in [3.63, 3.8) is 0 Å². The molecule has 4 atom stereocenters. The van der Waals surface area contributed by atoms with Crippen LogP contribution in [-0.4, -0.2) is 56.5 Å². The molecule has 9 heteroatoms. The maximum Gasteiger partial charge on any atom is 0.167 e. The molecule has 1 fully saturated rings. The van der Waals surface area contributed by atoms with E-state index in [1.807, 2.05) is 0 Å². The molecule has 1 aromatic rings. The molecule has 3 aliphatic heterocycles. The van der Waals surface area contributed by atoms with Crippen molar-refractivity contribution in [1.82, 2.24) is 4.57 Å². The van der Waals surface area contributed by atoms with Crippen molar-refractivity contribution in [2.24, 2.45) is 9.98 Å². The van der Waals surface area contributed by atoms with Gasteiger partial charge in [-0.1, -0.05) is 13.2 Å². The quantitative estimate of drug-likeness (QED) is 0.519. The summed E-state index contributed by atoms with van der Waals surface area (Å²) < 4.78 is 15.2. The second kappa shape index (κ2) is 5.27. The molecule has 4 heterocycles. The first-order valence-corrected chi connectivity index (χ1v) is 7.72. The van der Waals surface area contributed by atoms with E-state index in [0.717, 1.165) is 0 Å². The molecule has 1 saturated heterocycles. The van der Waals surface area contributed by atoms with Crippen LogP contribution in [0.15, 0.2) is 40.7 Å². The minimum Gasteiger partial charge on any atom is -0.394 e. The normalized spacial score (nSPS) is 34.4. The largest absolute Gasteiger partial charge is 0.394 e. The van der Waals surface area contributed by atoms with Gasteiger partial charge in [0.1, 0.15) is 25.0 Å². The molecule has 9 nitrogen and oxygen atoms in total. The van der Waals surface area contributed by atoms with Crippen LogP contribution in [0.4, 0.5) is 11.5 Å². The lowest BCUT2D eigenvalue weighted by molar-refractivity contribution is -0.0954. The molecular weight excluding hydrogens is 326 g/mol. The highest BCUT2D eigenvalue weighted by molar-refractivity contribution is 6.16. The first kappa shape index (κ1) is 14.8. The van der Waals surface area contributed by atoms with Crippen LogP contribution in [0.2, 0.25) is 0 Å². The Balaban J connectivity index is 1.88. The van der Waals surface area contributed by atoms with Gasteiger partial charge in [0.05, 0.1) is 35.6 Å². The van der Waals surface area contributed by atoms with Gasteiger partial charge in [-0.3, -0.25) is 0 Å². The van der Waals surface area contributed by atoms with Gasteiger partial charge in [-0.2, -0.15) is 0 Å². The minimum absolute atomic E-state index is 0.139. The summed E-state index contributed by atoms with van der Waals surface area (Å²) in [5.74, 6) is 0.704.